The van der Waals surface area contributed by atoms with Crippen LogP contribution in [0.2, 0.25) is 0 Å². The van der Waals surface area contributed by atoms with Gasteiger partial charge in [-0.05, 0) is 63.6 Å². The highest BCUT2D eigenvalue weighted by Gasteiger charge is 2.16. The van der Waals surface area contributed by atoms with Crippen LogP contribution in [0.5, 0.6) is 5.75 Å². The number of carbonyl (C=O) groups excluding carboxylic acids is 2. The molecule has 0 aliphatic rings. The maximum atomic E-state index is 12.1. The molecule has 0 saturated heterocycles. The largest absolute Gasteiger partial charge is 0.487 e. The number of nitrogens with zero attached hydrogens (tertiary/aromatic N) is 2. The number of hydrazine groups is 1. The Morgan fingerprint density at radius 1 is 1.03 bits per heavy atom. The summed E-state index contributed by atoms with van der Waals surface area (Å²) in [6.07, 6.45) is 3.20. The second kappa shape index (κ2) is 8.22. The molecule has 2 N–H and O–H groups in total. The number of imidazole rings is 1. The summed E-state index contributed by atoms with van der Waals surface area (Å²) in [5.41, 5.74) is 7.06. The molecule has 8 heteroatoms. The predicted octanol–water partition coefficient (Wildman–Crippen LogP) is 3.39. The van der Waals surface area contributed by atoms with Crippen molar-refractivity contribution in [3.05, 3.63) is 65.6 Å². The van der Waals surface area contributed by atoms with Crippen molar-refractivity contribution < 1.29 is 19.1 Å². The van der Waals surface area contributed by atoms with Crippen molar-refractivity contribution in [3.8, 4) is 5.75 Å². The Balaban J connectivity index is 1.52. The fourth-order valence-electron chi connectivity index (χ4n) is 2.57. The number of aromatic nitrogens is 2. The number of rotatable bonds is 4. The number of aryl methyl sites for hydroxylation is 1. The Hall–Kier alpha value is -3.55. The smallest absolute Gasteiger partial charge is 0.426 e. The standard InChI is InChI=1S/C21H24N4O4/c1-14-5-10-18-22-16(12-25(18)11-14)13-28-17-8-6-15(7-9-17)19(26)23-24-20(27)29-21(2,3)4/h5-12H,13H2,1-4H3,(H,23,26)(H,24,27). The molecule has 3 aromatic rings. The minimum Gasteiger partial charge on any atom is -0.487 e. The molecule has 29 heavy (non-hydrogen) atoms. The third-order valence-corrected chi connectivity index (χ3v) is 3.83. The van der Waals surface area contributed by atoms with Crippen LogP contribution in [0.15, 0.2) is 48.8 Å². The lowest BCUT2D eigenvalue weighted by Gasteiger charge is -2.19. The van der Waals surface area contributed by atoms with Crippen LogP contribution >= 0.6 is 0 Å². The minimum absolute atomic E-state index is 0.312. The van der Waals surface area contributed by atoms with E-state index < -0.39 is 17.6 Å². The first-order valence-electron chi connectivity index (χ1n) is 9.16. The van der Waals surface area contributed by atoms with Gasteiger partial charge in [0, 0.05) is 18.0 Å². The fourth-order valence-corrected chi connectivity index (χ4v) is 2.57. The first-order chi connectivity index (χ1) is 13.7. The number of nitrogens with one attached hydrogen (secondary N) is 2. The number of fused-ring (bicyclic) bond motifs is 1. The van der Waals surface area contributed by atoms with Gasteiger partial charge in [0.05, 0.1) is 5.69 Å². The Morgan fingerprint density at radius 2 is 1.76 bits per heavy atom. The normalized spacial score (nSPS) is 11.2. The van der Waals surface area contributed by atoms with Gasteiger partial charge in [-0.15, -0.1) is 0 Å². The zero-order valence-electron chi connectivity index (χ0n) is 16.9. The summed E-state index contributed by atoms with van der Waals surface area (Å²) in [7, 11) is 0. The number of carbonyl (C=O) groups is 2. The van der Waals surface area contributed by atoms with E-state index in [1.807, 2.05) is 35.9 Å². The fraction of sp³-hybridized carbons (Fsp3) is 0.286. The van der Waals surface area contributed by atoms with Crippen molar-refractivity contribution in [2.75, 3.05) is 0 Å². The van der Waals surface area contributed by atoms with Gasteiger partial charge in [0.2, 0.25) is 0 Å². The van der Waals surface area contributed by atoms with Crippen molar-refractivity contribution in [1.82, 2.24) is 20.2 Å². The van der Waals surface area contributed by atoms with E-state index in [1.54, 1.807) is 45.0 Å². The molecule has 0 bridgehead atoms. The predicted molar refractivity (Wildman–Crippen MR) is 108 cm³/mol. The topological polar surface area (TPSA) is 94.0 Å². The third kappa shape index (κ3) is 5.71. The van der Waals surface area contributed by atoms with E-state index in [4.69, 9.17) is 9.47 Å². The van der Waals surface area contributed by atoms with Crippen molar-refractivity contribution in [2.24, 2.45) is 0 Å². The summed E-state index contributed by atoms with van der Waals surface area (Å²) in [5, 5.41) is 0. The number of benzene rings is 1. The third-order valence-electron chi connectivity index (χ3n) is 3.83. The monoisotopic (exact) mass is 396 g/mol. The maximum Gasteiger partial charge on any atom is 0.426 e. The molecule has 0 saturated carbocycles. The second-order valence-electron chi connectivity index (χ2n) is 7.60. The Labute approximate surface area is 168 Å². The van der Waals surface area contributed by atoms with Gasteiger partial charge in [-0.2, -0.15) is 0 Å². The molecule has 0 atom stereocenters. The molecule has 0 fully saturated rings. The van der Waals surface area contributed by atoms with E-state index in [1.165, 1.54) is 0 Å². The molecule has 0 spiro atoms. The van der Waals surface area contributed by atoms with Crippen LogP contribution in [0.3, 0.4) is 0 Å². The van der Waals surface area contributed by atoms with Gasteiger partial charge in [-0.25, -0.2) is 15.2 Å². The van der Waals surface area contributed by atoms with Crippen LogP contribution in [-0.2, 0) is 11.3 Å². The van der Waals surface area contributed by atoms with Crippen molar-refractivity contribution in [1.29, 1.82) is 0 Å². The minimum atomic E-state index is -0.728. The van der Waals surface area contributed by atoms with E-state index in [-0.39, 0.29) is 0 Å². The average molecular weight is 396 g/mol. The van der Waals surface area contributed by atoms with Gasteiger partial charge in [0.25, 0.3) is 5.91 Å². The zero-order chi connectivity index (χ0) is 21.0. The molecular weight excluding hydrogens is 372 g/mol. The summed E-state index contributed by atoms with van der Waals surface area (Å²) in [6, 6.07) is 10.5. The summed E-state index contributed by atoms with van der Waals surface area (Å²) < 4.78 is 12.8. The summed E-state index contributed by atoms with van der Waals surface area (Å²) >= 11 is 0. The highest BCUT2D eigenvalue weighted by molar-refractivity contribution is 5.95. The molecule has 8 nitrogen and oxygen atoms in total. The first kappa shape index (κ1) is 20.2. The molecule has 0 aliphatic carbocycles. The lowest BCUT2D eigenvalue weighted by molar-refractivity contribution is 0.0483. The van der Waals surface area contributed by atoms with Crippen LogP contribution in [0.25, 0.3) is 5.65 Å². The van der Waals surface area contributed by atoms with E-state index in [9.17, 15) is 9.59 Å². The number of pyridine rings is 1. The molecular formula is C21H24N4O4. The molecule has 3 rings (SSSR count). The molecule has 2 heterocycles. The van der Waals surface area contributed by atoms with Crippen LogP contribution in [0.4, 0.5) is 4.79 Å². The molecule has 0 unspecified atom stereocenters. The quantitative estimate of drug-likeness (QED) is 0.660. The van der Waals surface area contributed by atoms with Gasteiger partial charge in [0.15, 0.2) is 0 Å². The first-order valence-corrected chi connectivity index (χ1v) is 9.16. The van der Waals surface area contributed by atoms with E-state index >= 15 is 0 Å². The van der Waals surface area contributed by atoms with Gasteiger partial charge in [-0.3, -0.25) is 10.2 Å². The van der Waals surface area contributed by atoms with E-state index in [0.29, 0.717) is 17.9 Å². The summed E-state index contributed by atoms with van der Waals surface area (Å²) in [6.45, 7) is 7.55. The number of amides is 2. The van der Waals surface area contributed by atoms with Crippen LogP contribution < -0.4 is 15.6 Å². The zero-order valence-corrected chi connectivity index (χ0v) is 16.9. The van der Waals surface area contributed by atoms with Crippen LogP contribution in [0, 0.1) is 6.92 Å². The molecule has 1 aromatic carbocycles. The summed E-state index contributed by atoms with van der Waals surface area (Å²) in [5.74, 6) is 0.146. The highest BCUT2D eigenvalue weighted by atomic mass is 16.6. The van der Waals surface area contributed by atoms with Gasteiger partial charge < -0.3 is 13.9 Å². The molecule has 0 aliphatic heterocycles. The Kier molecular flexibility index (Phi) is 5.72. The van der Waals surface area contributed by atoms with Crippen molar-refractivity contribution in [3.63, 3.8) is 0 Å². The highest BCUT2D eigenvalue weighted by Crippen LogP contribution is 2.15. The molecule has 2 aromatic heterocycles. The van der Waals surface area contributed by atoms with E-state index in [0.717, 1.165) is 16.9 Å². The van der Waals surface area contributed by atoms with Gasteiger partial charge in [0.1, 0.15) is 23.6 Å². The second-order valence-corrected chi connectivity index (χ2v) is 7.60. The lowest BCUT2D eigenvalue weighted by atomic mass is 10.2. The van der Waals surface area contributed by atoms with Crippen LogP contribution in [-0.4, -0.2) is 27.0 Å². The van der Waals surface area contributed by atoms with E-state index in [2.05, 4.69) is 15.8 Å². The van der Waals surface area contributed by atoms with Gasteiger partial charge in [-0.1, -0.05) is 6.07 Å². The molecule has 152 valence electrons. The Bertz CT molecular complexity index is 1020. The average Bonchev–Trinajstić information content (AvgIpc) is 3.05. The molecule has 0 radical (unpaired) electrons. The maximum absolute atomic E-state index is 12.1. The Morgan fingerprint density at radius 3 is 2.45 bits per heavy atom. The lowest BCUT2D eigenvalue weighted by Crippen LogP contribution is -2.44. The summed E-state index contributed by atoms with van der Waals surface area (Å²) in [4.78, 5) is 28.2. The number of hydrogen-bond acceptors (Lipinski definition) is 5. The number of hydrogen-bond donors (Lipinski definition) is 2. The van der Waals surface area contributed by atoms with Crippen molar-refractivity contribution >= 4 is 17.6 Å². The SMILES string of the molecule is Cc1ccc2nc(COc3ccc(C(=O)NNC(=O)OC(C)(C)C)cc3)cn2c1. The number of ether oxygens (including phenoxy) is 2. The van der Waals surface area contributed by atoms with Crippen LogP contribution in [0.1, 0.15) is 42.4 Å². The van der Waals surface area contributed by atoms with Gasteiger partial charge >= 0.3 is 6.09 Å². The van der Waals surface area contributed by atoms with Crippen molar-refractivity contribution in [2.45, 2.75) is 39.9 Å². The molecule has 2 amide bonds.